The molecule has 7 nitrogen and oxygen atoms in total. The molecule has 9 heteroatoms. The topological polar surface area (TPSA) is 100 Å². The third-order valence-electron chi connectivity index (χ3n) is 4.76. The van der Waals surface area contributed by atoms with Crippen LogP contribution in [0.15, 0.2) is 66.2 Å². The number of hydrogen-bond donors (Lipinski definition) is 2. The second-order valence-electron chi connectivity index (χ2n) is 7.60. The molecule has 3 aromatic rings. The Balaban J connectivity index is 1.76. The minimum atomic E-state index is -0.555. The molecule has 2 N–H and O–H groups in total. The Kier molecular flexibility index (Phi) is 9.73. The van der Waals surface area contributed by atoms with Crippen LogP contribution in [0.1, 0.15) is 18.1 Å². The fourth-order valence-corrected chi connectivity index (χ4v) is 4.09. The van der Waals surface area contributed by atoms with Crippen molar-refractivity contribution in [2.45, 2.75) is 13.8 Å². The number of carbonyl (C=O) groups is 2. The summed E-state index contributed by atoms with van der Waals surface area (Å²) in [6.07, 6.45) is 1.46. The van der Waals surface area contributed by atoms with Crippen LogP contribution in [0.3, 0.4) is 0 Å². The zero-order valence-corrected chi connectivity index (χ0v) is 22.5. The summed E-state index contributed by atoms with van der Waals surface area (Å²) in [6, 6.07) is 19.4. The van der Waals surface area contributed by atoms with Gasteiger partial charge in [0.1, 0.15) is 11.6 Å². The van der Waals surface area contributed by atoms with Crippen LogP contribution in [0.25, 0.3) is 6.08 Å². The molecule has 2 amide bonds. The fraction of sp³-hybridized carbons (Fsp3) is 0.148. The van der Waals surface area contributed by atoms with E-state index in [-0.39, 0.29) is 18.1 Å². The van der Waals surface area contributed by atoms with Crippen LogP contribution < -0.4 is 20.1 Å². The molecular formula is C27H23ClIN3O4. The van der Waals surface area contributed by atoms with Gasteiger partial charge in [0.05, 0.1) is 10.2 Å². The Morgan fingerprint density at radius 3 is 2.47 bits per heavy atom. The lowest BCUT2D eigenvalue weighted by Crippen LogP contribution is -2.20. The van der Waals surface area contributed by atoms with Gasteiger partial charge in [0.2, 0.25) is 0 Å². The van der Waals surface area contributed by atoms with Crippen molar-refractivity contribution < 1.29 is 19.1 Å². The molecule has 0 atom stereocenters. The van der Waals surface area contributed by atoms with Crippen molar-refractivity contribution >= 4 is 63.5 Å². The van der Waals surface area contributed by atoms with Gasteiger partial charge >= 0.3 is 0 Å². The van der Waals surface area contributed by atoms with E-state index >= 15 is 0 Å². The summed E-state index contributed by atoms with van der Waals surface area (Å²) < 4.78 is 12.2. The van der Waals surface area contributed by atoms with Gasteiger partial charge in [-0.25, -0.2) is 0 Å². The molecule has 0 radical (unpaired) electrons. The summed E-state index contributed by atoms with van der Waals surface area (Å²) >= 11 is 7.94. The first-order valence-corrected chi connectivity index (χ1v) is 12.4. The van der Waals surface area contributed by atoms with E-state index < -0.39 is 5.91 Å². The van der Waals surface area contributed by atoms with Gasteiger partial charge in [-0.05, 0) is 102 Å². The van der Waals surface area contributed by atoms with Crippen molar-refractivity contribution in [3.8, 4) is 17.6 Å². The molecule has 0 saturated carbocycles. The Labute approximate surface area is 228 Å². The molecular weight excluding hydrogens is 593 g/mol. The molecule has 36 heavy (non-hydrogen) atoms. The summed E-state index contributed by atoms with van der Waals surface area (Å²) in [7, 11) is 0. The average Bonchev–Trinajstić information content (AvgIpc) is 2.83. The smallest absolute Gasteiger partial charge is 0.266 e. The van der Waals surface area contributed by atoms with E-state index in [9.17, 15) is 14.9 Å². The van der Waals surface area contributed by atoms with Crippen molar-refractivity contribution in [1.82, 2.24) is 0 Å². The van der Waals surface area contributed by atoms with Gasteiger partial charge in [0, 0.05) is 16.4 Å². The lowest BCUT2D eigenvalue weighted by molar-refractivity contribution is -0.118. The Bertz CT molecular complexity index is 1330. The van der Waals surface area contributed by atoms with E-state index in [2.05, 4.69) is 33.2 Å². The normalized spacial score (nSPS) is 10.8. The third-order valence-corrected chi connectivity index (χ3v) is 5.81. The van der Waals surface area contributed by atoms with Crippen LogP contribution >= 0.6 is 34.2 Å². The summed E-state index contributed by atoms with van der Waals surface area (Å²) in [5, 5.41) is 15.6. The highest BCUT2D eigenvalue weighted by Gasteiger charge is 2.16. The van der Waals surface area contributed by atoms with E-state index in [1.165, 1.54) is 6.08 Å². The number of nitriles is 1. The first kappa shape index (κ1) is 27.0. The number of hydrogen-bond acceptors (Lipinski definition) is 5. The van der Waals surface area contributed by atoms with Crippen molar-refractivity contribution in [3.05, 3.63) is 86.0 Å². The van der Waals surface area contributed by atoms with Crippen LogP contribution in [-0.2, 0) is 9.59 Å². The maximum absolute atomic E-state index is 12.6. The molecule has 0 spiro atoms. The van der Waals surface area contributed by atoms with Crippen LogP contribution in [0, 0.1) is 21.8 Å². The molecule has 0 unspecified atom stereocenters. The predicted molar refractivity (Wildman–Crippen MR) is 149 cm³/mol. The first-order chi connectivity index (χ1) is 17.3. The molecule has 184 valence electrons. The largest absolute Gasteiger partial charge is 0.490 e. The Hall–Kier alpha value is -3.55. The van der Waals surface area contributed by atoms with Crippen molar-refractivity contribution in [3.63, 3.8) is 0 Å². The number of ether oxygens (including phenoxy) is 2. The van der Waals surface area contributed by atoms with E-state index in [0.717, 1.165) is 5.56 Å². The average molecular weight is 616 g/mol. The number of anilines is 2. The lowest BCUT2D eigenvalue weighted by atomic mass is 10.1. The highest BCUT2D eigenvalue weighted by Crippen LogP contribution is 2.35. The molecule has 0 heterocycles. The summed E-state index contributed by atoms with van der Waals surface area (Å²) in [5.74, 6) is -0.0677. The summed E-state index contributed by atoms with van der Waals surface area (Å²) in [6.45, 7) is 3.91. The summed E-state index contributed by atoms with van der Waals surface area (Å²) in [4.78, 5) is 25.0. The molecule has 0 saturated heterocycles. The Morgan fingerprint density at radius 2 is 1.81 bits per heavy atom. The molecule has 0 fully saturated rings. The highest BCUT2D eigenvalue weighted by molar-refractivity contribution is 14.1. The first-order valence-electron chi connectivity index (χ1n) is 10.9. The Morgan fingerprint density at radius 1 is 1.06 bits per heavy atom. The molecule has 0 bridgehead atoms. The van der Waals surface area contributed by atoms with Crippen molar-refractivity contribution in [2.75, 3.05) is 23.8 Å². The summed E-state index contributed by atoms with van der Waals surface area (Å²) in [5.41, 5.74) is 2.72. The molecule has 3 rings (SSSR count). The number of amides is 2. The third kappa shape index (κ3) is 7.73. The van der Waals surface area contributed by atoms with Gasteiger partial charge in [-0.2, -0.15) is 5.26 Å². The number of benzene rings is 3. The van der Waals surface area contributed by atoms with Crippen LogP contribution in [-0.4, -0.2) is 25.0 Å². The van der Waals surface area contributed by atoms with E-state index in [1.807, 2.05) is 38.1 Å². The zero-order chi connectivity index (χ0) is 26.1. The maximum Gasteiger partial charge on any atom is 0.266 e. The van der Waals surface area contributed by atoms with Crippen LogP contribution in [0.5, 0.6) is 11.5 Å². The van der Waals surface area contributed by atoms with Gasteiger partial charge in [-0.1, -0.05) is 23.7 Å². The van der Waals surface area contributed by atoms with Gasteiger partial charge in [0.25, 0.3) is 11.8 Å². The van der Waals surface area contributed by atoms with Crippen LogP contribution in [0.2, 0.25) is 5.02 Å². The van der Waals surface area contributed by atoms with Gasteiger partial charge in [-0.3, -0.25) is 9.59 Å². The standard InChI is InChI=1S/C27H23ClIN3O4/c1-3-35-24-14-18(12-19(15-30)27(34)32-21-9-7-20(28)8-10-21)13-23(29)26(24)36-16-25(33)31-22-6-4-5-17(2)11-22/h4-14H,3,16H2,1-2H3,(H,31,33)(H,32,34)/b19-12+. The monoisotopic (exact) mass is 615 g/mol. The van der Waals surface area contributed by atoms with Crippen molar-refractivity contribution in [1.29, 1.82) is 5.26 Å². The van der Waals surface area contributed by atoms with E-state index in [0.29, 0.717) is 43.6 Å². The molecule has 0 aromatic heterocycles. The van der Waals surface area contributed by atoms with Crippen LogP contribution in [0.4, 0.5) is 11.4 Å². The quantitative estimate of drug-likeness (QED) is 0.169. The molecule has 0 aliphatic carbocycles. The SMILES string of the molecule is CCOc1cc(/C=C(\C#N)C(=O)Nc2ccc(Cl)cc2)cc(I)c1OCC(=O)Nc1cccc(C)c1. The lowest BCUT2D eigenvalue weighted by Gasteiger charge is -2.15. The fourth-order valence-electron chi connectivity index (χ4n) is 3.18. The van der Waals surface area contributed by atoms with E-state index in [4.69, 9.17) is 21.1 Å². The van der Waals surface area contributed by atoms with Gasteiger partial charge in [-0.15, -0.1) is 0 Å². The zero-order valence-electron chi connectivity index (χ0n) is 19.6. The number of halogens is 2. The molecule has 0 aliphatic rings. The number of nitrogens with one attached hydrogen (secondary N) is 2. The number of rotatable bonds is 9. The minimum Gasteiger partial charge on any atom is -0.490 e. The molecule has 0 aliphatic heterocycles. The van der Waals surface area contributed by atoms with Gasteiger partial charge < -0.3 is 20.1 Å². The molecule has 3 aromatic carbocycles. The maximum atomic E-state index is 12.6. The number of aryl methyl sites for hydroxylation is 1. The second kappa shape index (κ2) is 13.0. The minimum absolute atomic E-state index is 0.0885. The van der Waals surface area contributed by atoms with Crippen molar-refractivity contribution in [2.24, 2.45) is 0 Å². The number of carbonyl (C=O) groups excluding carboxylic acids is 2. The van der Waals surface area contributed by atoms with E-state index in [1.54, 1.807) is 42.5 Å². The van der Waals surface area contributed by atoms with Gasteiger partial charge in [0.15, 0.2) is 18.1 Å². The highest BCUT2D eigenvalue weighted by atomic mass is 127. The number of nitrogens with zero attached hydrogens (tertiary/aromatic N) is 1. The predicted octanol–water partition coefficient (Wildman–Crippen LogP) is 6.21. The second-order valence-corrected chi connectivity index (χ2v) is 9.20.